The molecule has 0 aromatic carbocycles. The minimum absolute atomic E-state index is 0.0222. The van der Waals surface area contributed by atoms with Crippen molar-refractivity contribution < 1.29 is 8.42 Å². The average molecular weight is 278 g/mol. The topological polar surface area (TPSA) is 72.2 Å². The highest BCUT2D eigenvalue weighted by molar-refractivity contribution is 7.92. The molecule has 0 saturated heterocycles. The predicted octanol–water partition coefficient (Wildman–Crippen LogP) is 1.07. The van der Waals surface area contributed by atoms with Crippen LogP contribution in [0, 0.1) is 13.8 Å². The molecule has 0 amide bonds. The van der Waals surface area contributed by atoms with Crippen LogP contribution in [-0.4, -0.2) is 19.2 Å². The number of thiophene rings is 1. The van der Waals surface area contributed by atoms with E-state index in [1.54, 1.807) is 11.3 Å². The van der Waals surface area contributed by atoms with Crippen molar-refractivity contribution in [2.24, 2.45) is 5.73 Å². The van der Waals surface area contributed by atoms with Crippen molar-refractivity contribution in [3.8, 4) is 0 Å². The van der Waals surface area contributed by atoms with Crippen LogP contribution in [0.25, 0.3) is 0 Å². The van der Waals surface area contributed by atoms with E-state index in [0.717, 1.165) is 4.88 Å². The van der Waals surface area contributed by atoms with Gasteiger partial charge in [0, 0.05) is 16.3 Å². The number of rotatable bonds is 5. The monoisotopic (exact) mass is 278 g/mol. The molecular formula is C9H14N2O2S3. The van der Waals surface area contributed by atoms with Crippen LogP contribution in [-0.2, 0) is 16.6 Å². The second-order valence-corrected chi connectivity index (χ2v) is 7.17. The van der Waals surface area contributed by atoms with E-state index >= 15 is 0 Å². The molecule has 0 saturated carbocycles. The van der Waals surface area contributed by atoms with E-state index in [2.05, 4.69) is 16.9 Å². The summed E-state index contributed by atoms with van der Waals surface area (Å²) < 4.78 is 25.3. The Morgan fingerprint density at radius 1 is 1.56 bits per heavy atom. The third kappa shape index (κ3) is 4.17. The number of sulfonamides is 1. The quantitative estimate of drug-likeness (QED) is 0.790. The number of nitrogens with two attached hydrogens (primary N) is 1. The van der Waals surface area contributed by atoms with E-state index in [1.807, 2.05) is 19.9 Å². The summed E-state index contributed by atoms with van der Waals surface area (Å²) >= 11 is 6.14. The number of nitrogens with one attached hydrogen (secondary N) is 1. The molecular weight excluding hydrogens is 264 g/mol. The lowest BCUT2D eigenvalue weighted by Crippen LogP contribution is -2.31. The summed E-state index contributed by atoms with van der Waals surface area (Å²) in [7, 11) is -3.39. The van der Waals surface area contributed by atoms with Crippen molar-refractivity contribution in [3.05, 3.63) is 21.4 Å². The van der Waals surface area contributed by atoms with Crippen molar-refractivity contribution in [3.63, 3.8) is 0 Å². The van der Waals surface area contributed by atoms with Gasteiger partial charge in [-0.15, -0.1) is 11.3 Å². The van der Waals surface area contributed by atoms with Gasteiger partial charge in [-0.05, 0) is 25.5 Å². The van der Waals surface area contributed by atoms with Gasteiger partial charge in [0.25, 0.3) is 0 Å². The second-order valence-electron chi connectivity index (χ2n) is 3.50. The van der Waals surface area contributed by atoms with E-state index in [1.165, 1.54) is 10.4 Å². The molecule has 4 nitrogen and oxygen atoms in total. The van der Waals surface area contributed by atoms with Crippen LogP contribution >= 0.6 is 23.6 Å². The second kappa shape index (κ2) is 5.22. The summed E-state index contributed by atoms with van der Waals surface area (Å²) in [6.45, 7) is 4.30. The maximum atomic E-state index is 11.4. The fraction of sp³-hybridized carbons (Fsp3) is 0.444. The van der Waals surface area contributed by atoms with Crippen LogP contribution in [0.15, 0.2) is 6.07 Å². The summed E-state index contributed by atoms with van der Waals surface area (Å²) in [5, 5.41) is 0. The molecule has 16 heavy (non-hydrogen) atoms. The van der Waals surface area contributed by atoms with Crippen LogP contribution in [0.2, 0.25) is 0 Å². The van der Waals surface area contributed by atoms with Gasteiger partial charge in [0.1, 0.15) is 5.75 Å². The molecule has 0 radical (unpaired) electrons. The van der Waals surface area contributed by atoms with Gasteiger partial charge < -0.3 is 5.73 Å². The molecule has 0 aliphatic rings. The Hall–Kier alpha value is -0.500. The first kappa shape index (κ1) is 13.6. The Labute approximate surface area is 105 Å². The van der Waals surface area contributed by atoms with Crippen LogP contribution in [0.1, 0.15) is 15.3 Å². The average Bonchev–Trinajstić information content (AvgIpc) is 2.41. The molecule has 0 spiro atoms. The standard InChI is InChI=1S/C9H14N2O2S3/c1-6-3-8(15-7(6)2)4-11-16(12,13)5-9(10)14/h3,11H,4-5H2,1-2H3,(H2,10,14). The van der Waals surface area contributed by atoms with Crippen molar-refractivity contribution in [2.45, 2.75) is 20.4 Å². The summed E-state index contributed by atoms with van der Waals surface area (Å²) in [6.07, 6.45) is 0. The number of hydrogen-bond acceptors (Lipinski definition) is 4. The third-order valence-electron chi connectivity index (χ3n) is 2.02. The van der Waals surface area contributed by atoms with Crippen molar-refractivity contribution in [2.75, 3.05) is 5.75 Å². The Morgan fingerprint density at radius 2 is 2.19 bits per heavy atom. The number of aryl methyl sites for hydroxylation is 2. The molecule has 0 fully saturated rings. The van der Waals surface area contributed by atoms with E-state index < -0.39 is 10.0 Å². The molecule has 0 aliphatic carbocycles. The van der Waals surface area contributed by atoms with Crippen molar-refractivity contribution >= 4 is 38.6 Å². The number of hydrogen-bond donors (Lipinski definition) is 2. The minimum atomic E-state index is -3.39. The lowest BCUT2D eigenvalue weighted by molar-refractivity contribution is 0.586. The zero-order valence-corrected chi connectivity index (χ0v) is 11.6. The molecule has 1 heterocycles. The summed E-state index contributed by atoms with van der Waals surface area (Å²) in [5.74, 6) is -0.300. The Bertz CT molecular complexity index is 471. The molecule has 1 aromatic rings. The predicted molar refractivity (Wildman–Crippen MR) is 71.2 cm³/mol. The van der Waals surface area contributed by atoms with E-state index in [0.29, 0.717) is 6.54 Å². The minimum Gasteiger partial charge on any atom is -0.392 e. The maximum Gasteiger partial charge on any atom is 0.218 e. The van der Waals surface area contributed by atoms with Gasteiger partial charge in [-0.2, -0.15) is 0 Å². The lowest BCUT2D eigenvalue weighted by Gasteiger charge is -2.03. The van der Waals surface area contributed by atoms with Gasteiger partial charge in [0.05, 0.1) is 4.99 Å². The van der Waals surface area contributed by atoms with Gasteiger partial charge in [0.15, 0.2) is 0 Å². The van der Waals surface area contributed by atoms with Crippen LogP contribution in [0.4, 0.5) is 0 Å². The lowest BCUT2D eigenvalue weighted by atomic mass is 10.3. The van der Waals surface area contributed by atoms with Gasteiger partial charge in [0.2, 0.25) is 10.0 Å². The first-order valence-corrected chi connectivity index (χ1v) is 7.49. The Balaban J connectivity index is 2.61. The molecule has 90 valence electrons. The summed E-state index contributed by atoms with van der Waals surface area (Å²) in [4.78, 5) is 2.16. The highest BCUT2D eigenvalue weighted by atomic mass is 32.2. The molecule has 0 atom stereocenters. The van der Waals surface area contributed by atoms with Crippen molar-refractivity contribution in [1.29, 1.82) is 0 Å². The SMILES string of the molecule is Cc1cc(CNS(=O)(=O)CC(N)=S)sc1C. The van der Waals surface area contributed by atoms with Crippen LogP contribution in [0.5, 0.6) is 0 Å². The molecule has 0 bridgehead atoms. The molecule has 1 rings (SSSR count). The van der Waals surface area contributed by atoms with E-state index in [4.69, 9.17) is 5.73 Å². The van der Waals surface area contributed by atoms with Crippen molar-refractivity contribution in [1.82, 2.24) is 4.72 Å². The van der Waals surface area contributed by atoms with E-state index in [-0.39, 0.29) is 10.7 Å². The fourth-order valence-corrected chi connectivity index (χ4v) is 3.56. The smallest absolute Gasteiger partial charge is 0.218 e. The maximum absolute atomic E-state index is 11.4. The molecule has 7 heteroatoms. The number of thiocarbonyl (C=S) groups is 1. The molecule has 0 unspecified atom stereocenters. The van der Waals surface area contributed by atoms with Gasteiger partial charge in [-0.25, -0.2) is 13.1 Å². The molecule has 3 N–H and O–H groups in total. The fourth-order valence-electron chi connectivity index (χ4n) is 1.16. The molecule has 1 aromatic heterocycles. The van der Waals surface area contributed by atoms with Crippen LogP contribution < -0.4 is 10.5 Å². The Morgan fingerprint density at radius 3 is 2.62 bits per heavy atom. The first-order valence-electron chi connectivity index (χ1n) is 4.62. The largest absolute Gasteiger partial charge is 0.392 e. The van der Waals surface area contributed by atoms with Crippen LogP contribution in [0.3, 0.4) is 0 Å². The van der Waals surface area contributed by atoms with Gasteiger partial charge in [-0.3, -0.25) is 0 Å². The zero-order chi connectivity index (χ0) is 12.3. The third-order valence-corrected chi connectivity index (χ3v) is 4.77. The van der Waals surface area contributed by atoms with Gasteiger partial charge >= 0.3 is 0 Å². The van der Waals surface area contributed by atoms with Gasteiger partial charge in [-0.1, -0.05) is 12.2 Å². The zero-order valence-electron chi connectivity index (χ0n) is 9.11. The highest BCUT2D eigenvalue weighted by Crippen LogP contribution is 2.20. The molecule has 0 aliphatic heterocycles. The normalized spacial score (nSPS) is 11.6. The summed E-state index contributed by atoms with van der Waals surface area (Å²) in [5.41, 5.74) is 6.37. The van der Waals surface area contributed by atoms with E-state index in [9.17, 15) is 8.42 Å². The Kier molecular flexibility index (Phi) is 4.43. The highest BCUT2D eigenvalue weighted by Gasteiger charge is 2.12. The summed E-state index contributed by atoms with van der Waals surface area (Å²) in [6, 6.07) is 1.98. The first-order chi connectivity index (χ1) is 7.30.